The Labute approximate surface area is 145 Å². The number of hydrogen-bond acceptors (Lipinski definition) is 6. The van der Waals surface area contributed by atoms with Crippen molar-refractivity contribution >= 4 is 40.3 Å². The number of carbonyl (C=O) groups is 1. The van der Waals surface area contributed by atoms with E-state index < -0.39 is 10.9 Å². The average Bonchev–Trinajstić information content (AvgIpc) is 2.55. The van der Waals surface area contributed by atoms with E-state index in [0.29, 0.717) is 11.3 Å². The predicted octanol–water partition coefficient (Wildman–Crippen LogP) is 3.57. The first-order chi connectivity index (χ1) is 11.0. The number of aromatic nitrogens is 1. The molecular formula is C15H11IN2O5. The highest BCUT2D eigenvalue weighted by atomic mass is 127. The van der Waals surface area contributed by atoms with Gasteiger partial charge in [0.2, 0.25) is 5.75 Å². The molecule has 0 unspecified atom stereocenters. The van der Waals surface area contributed by atoms with E-state index in [-0.39, 0.29) is 11.4 Å². The molecule has 118 valence electrons. The highest BCUT2D eigenvalue weighted by Gasteiger charge is 2.16. The number of nitrogens with zero attached hydrogens (tertiary/aromatic N) is 2. The van der Waals surface area contributed by atoms with Gasteiger partial charge in [0.05, 0.1) is 18.2 Å². The molecule has 8 heteroatoms. The Kier molecular flexibility index (Phi) is 5.63. The number of ether oxygens (including phenoxy) is 2. The first kappa shape index (κ1) is 16.9. The fourth-order valence-corrected chi connectivity index (χ4v) is 1.97. The van der Waals surface area contributed by atoms with Gasteiger partial charge in [-0.2, -0.15) is 0 Å². The summed E-state index contributed by atoms with van der Waals surface area (Å²) in [7, 11) is 1.25. The van der Waals surface area contributed by atoms with Crippen LogP contribution in [0.1, 0.15) is 5.56 Å². The van der Waals surface area contributed by atoms with Gasteiger partial charge in [-0.15, -0.1) is 0 Å². The zero-order chi connectivity index (χ0) is 16.8. The molecule has 2 rings (SSSR count). The number of hydrogen-bond donors (Lipinski definition) is 0. The van der Waals surface area contributed by atoms with Crippen molar-refractivity contribution in [2.45, 2.75) is 0 Å². The number of rotatable bonds is 5. The highest BCUT2D eigenvalue weighted by molar-refractivity contribution is 14.1. The monoisotopic (exact) mass is 426 g/mol. The maximum atomic E-state index is 11.2. The first-order valence-electron chi connectivity index (χ1n) is 6.33. The summed E-state index contributed by atoms with van der Waals surface area (Å²) in [6, 6.07) is 7.78. The molecule has 1 heterocycles. The van der Waals surface area contributed by atoms with Crippen LogP contribution in [-0.4, -0.2) is 23.0 Å². The number of esters is 1. The Morgan fingerprint density at radius 1 is 1.35 bits per heavy atom. The summed E-state index contributed by atoms with van der Waals surface area (Å²) in [6.07, 6.45) is 4.09. The average molecular weight is 426 g/mol. The standard InChI is InChI=1S/C15H11IN2O5/c1-22-15(19)7-3-10-2-5-13(12(8-10)18(20)21)23-11-4-6-14(16)17-9-11/h2-9H,1H3. The van der Waals surface area contributed by atoms with Gasteiger partial charge in [0.1, 0.15) is 9.45 Å². The highest BCUT2D eigenvalue weighted by Crippen LogP contribution is 2.32. The molecule has 0 N–H and O–H groups in total. The summed E-state index contributed by atoms with van der Waals surface area (Å²) in [6.45, 7) is 0. The van der Waals surface area contributed by atoms with E-state index in [1.807, 2.05) is 22.6 Å². The molecule has 0 saturated heterocycles. The predicted molar refractivity (Wildman–Crippen MR) is 91.2 cm³/mol. The minimum atomic E-state index is -0.551. The molecule has 0 aliphatic heterocycles. The number of nitro groups is 1. The number of methoxy groups -OCH3 is 1. The number of pyridine rings is 1. The van der Waals surface area contributed by atoms with Crippen LogP contribution in [0.3, 0.4) is 0 Å². The lowest BCUT2D eigenvalue weighted by Crippen LogP contribution is -1.96. The van der Waals surface area contributed by atoms with Crippen molar-refractivity contribution in [1.82, 2.24) is 4.98 Å². The van der Waals surface area contributed by atoms with E-state index in [0.717, 1.165) is 3.70 Å². The first-order valence-corrected chi connectivity index (χ1v) is 7.41. The lowest BCUT2D eigenvalue weighted by atomic mass is 10.1. The maximum Gasteiger partial charge on any atom is 0.330 e. The molecule has 0 fully saturated rings. The van der Waals surface area contributed by atoms with Crippen molar-refractivity contribution in [3.63, 3.8) is 0 Å². The zero-order valence-corrected chi connectivity index (χ0v) is 14.1. The van der Waals surface area contributed by atoms with Crippen LogP contribution in [0.15, 0.2) is 42.6 Å². The summed E-state index contributed by atoms with van der Waals surface area (Å²) >= 11 is 2.05. The largest absolute Gasteiger partial charge is 0.466 e. The van der Waals surface area contributed by atoms with Crippen LogP contribution < -0.4 is 4.74 Å². The second kappa shape index (κ2) is 7.68. The van der Waals surface area contributed by atoms with Crippen LogP contribution in [0.5, 0.6) is 11.5 Å². The third-order valence-electron chi connectivity index (χ3n) is 2.72. The van der Waals surface area contributed by atoms with Crippen LogP contribution in [0.25, 0.3) is 6.08 Å². The number of halogens is 1. The normalized spacial score (nSPS) is 10.5. The molecule has 7 nitrogen and oxygen atoms in total. The fraction of sp³-hybridized carbons (Fsp3) is 0.0667. The van der Waals surface area contributed by atoms with Crippen LogP contribution in [0.4, 0.5) is 5.69 Å². The van der Waals surface area contributed by atoms with E-state index >= 15 is 0 Å². The summed E-state index contributed by atoms with van der Waals surface area (Å²) in [5.74, 6) is -0.0578. The Bertz CT molecular complexity index is 759. The van der Waals surface area contributed by atoms with E-state index in [9.17, 15) is 14.9 Å². The smallest absolute Gasteiger partial charge is 0.330 e. The Balaban J connectivity index is 2.29. The van der Waals surface area contributed by atoms with E-state index in [2.05, 4.69) is 9.72 Å². The van der Waals surface area contributed by atoms with Gasteiger partial charge in [0.25, 0.3) is 0 Å². The molecule has 0 amide bonds. The summed E-state index contributed by atoms with van der Waals surface area (Å²) < 4.78 is 10.8. The summed E-state index contributed by atoms with van der Waals surface area (Å²) in [5, 5.41) is 11.2. The van der Waals surface area contributed by atoms with Gasteiger partial charge in [-0.3, -0.25) is 10.1 Å². The van der Waals surface area contributed by atoms with Gasteiger partial charge in [-0.1, -0.05) is 6.07 Å². The molecule has 2 aromatic rings. The summed E-state index contributed by atoms with van der Waals surface area (Å²) in [4.78, 5) is 25.8. The molecule has 1 aromatic carbocycles. The third-order valence-corrected chi connectivity index (χ3v) is 3.36. The van der Waals surface area contributed by atoms with Gasteiger partial charge in [-0.25, -0.2) is 9.78 Å². The third kappa shape index (κ3) is 4.74. The van der Waals surface area contributed by atoms with Crippen LogP contribution >= 0.6 is 22.6 Å². The van der Waals surface area contributed by atoms with Gasteiger partial charge in [0, 0.05) is 12.1 Å². The lowest BCUT2D eigenvalue weighted by molar-refractivity contribution is -0.385. The number of benzene rings is 1. The molecule has 0 atom stereocenters. The van der Waals surface area contributed by atoms with Crippen molar-refractivity contribution in [1.29, 1.82) is 0 Å². The quantitative estimate of drug-likeness (QED) is 0.181. The molecule has 0 spiro atoms. The van der Waals surface area contributed by atoms with Crippen LogP contribution in [0, 0.1) is 13.8 Å². The maximum absolute atomic E-state index is 11.2. The molecule has 23 heavy (non-hydrogen) atoms. The van der Waals surface area contributed by atoms with E-state index in [1.165, 1.54) is 37.6 Å². The topological polar surface area (TPSA) is 91.6 Å². The minimum absolute atomic E-state index is 0.0910. The SMILES string of the molecule is COC(=O)C=Cc1ccc(Oc2ccc(I)nc2)c([N+](=O)[O-])c1. The van der Waals surface area contributed by atoms with Gasteiger partial charge in [-0.05, 0) is 52.4 Å². The molecule has 0 radical (unpaired) electrons. The molecular weight excluding hydrogens is 415 g/mol. The van der Waals surface area contributed by atoms with Crippen molar-refractivity contribution in [2.24, 2.45) is 0 Å². The minimum Gasteiger partial charge on any atom is -0.466 e. The zero-order valence-electron chi connectivity index (χ0n) is 11.9. The molecule has 1 aromatic heterocycles. The van der Waals surface area contributed by atoms with E-state index in [1.54, 1.807) is 18.2 Å². The Morgan fingerprint density at radius 2 is 2.13 bits per heavy atom. The van der Waals surface area contributed by atoms with Crippen molar-refractivity contribution in [2.75, 3.05) is 7.11 Å². The second-order valence-corrected chi connectivity index (χ2v) is 5.36. The van der Waals surface area contributed by atoms with Gasteiger partial charge >= 0.3 is 11.7 Å². The lowest BCUT2D eigenvalue weighted by Gasteiger charge is -2.06. The van der Waals surface area contributed by atoms with Gasteiger partial charge in [0.15, 0.2) is 0 Å². The fourth-order valence-electron chi connectivity index (χ4n) is 1.65. The second-order valence-electron chi connectivity index (χ2n) is 4.26. The van der Waals surface area contributed by atoms with Crippen molar-refractivity contribution in [3.05, 3.63) is 62.0 Å². The number of carbonyl (C=O) groups excluding carboxylic acids is 1. The molecule has 0 bridgehead atoms. The number of nitro benzene ring substituents is 1. The Morgan fingerprint density at radius 3 is 2.74 bits per heavy atom. The van der Waals surface area contributed by atoms with Gasteiger partial charge < -0.3 is 9.47 Å². The molecule has 0 aliphatic rings. The molecule has 0 aliphatic carbocycles. The van der Waals surface area contributed by atoms with Crippen molar-refractivity contribution in [3.8, 4) is 11.5 Å². The summed E-state index contributed by atoms with van der Waals surface area (Å²) in [5.41, 5.74) is 0.269. The van der Waals surface area contributed by atoms with Crippen molar-refractivity contribution < 1.29 is 19.2 Å². The van der Waals surface area contributed by atoms with Crippen LogP contribution in [0.2, 0.25) is 0 Å². The van der Waals surface area contributed by atoms with Crippen LogP contribution in [-0.2, 0) is 9.53 Å². The van der Waals surface area contributed by atoms with E-state index in [4.69, 9.17) is 4.74 Å². The Hall–Kier alpha value is -2.49. The molecule has 0 saturated carbocycles.